The van der Waals surface area contributed by atoms with Crippen LogP contribution in [0.1, 0.15) is 59.7 Å². The van der Waals surface area contributed by atoms with E-state index in [4.69, 9.17) is 4.42 Å². The fourth-order valence-electron chi connectivity index (χ4n) is 3.26. The lowest BCUT2D eigenvalue weighted by molar-refractivity contribution is -0.141. The van der Waals surface area contributed by atoms with Gasteiger partial charge in [0.05, 0.1) is 19.0 Å². The number of hydrogen-bond acceptors (Lipinski definition) is 6. The third-order valence-electron chi connectivity index (χ3n) is 4.55. The topological polar surface area (TPSA) is 91.6 Å². The molecular formula is C19H33N5O3. The van der Waals surface area contributed by atoms with Crippen molar-refractivity contribution < 1.29 is 14.0 Å². The van der Waals surface area contributed by atoms with E-state index in [1.54, 1.807) is 4.90 Å². The van der Waals surface area contributed by atoms with Gasteiger partial charge in [-0.05, 0) is 19.3 Å². The third kappa shape index (κ3) is 6.02. The smallest absolute Gasteiger partial charge is 0.237 e. The molecule has 8 heteroatoms. The van der Waals surface area contributed by atoms with Crippen molar-refractivity contribution in [3.05, 3.63) is 11.8 Å². The van der Waals surface area contributed by atoms with Crippen molar-refractivity contribution >= 4 is 11.8 Å². The molecule has 8 nitrogen and oxygen atoms in total. The van der Waals surface area contributed by atoms with E-state index in [-0.39, 0.29) is 36.2 Å². The summed E-state index contributed by atoms with van der Waals surface area (Å²) in [6.45, 7) is 14.7. The number of carbonyl (C=O) groups is 2. The molecule has 1 aliphatic heterocycles. The molecule has 0 spiro atoms. The molecule has 1 N–H and O–H groups in total. The predicted octanol–water partition coefficient (Wildman–Crippen LogP) is 1.61. The average molecular weight is 380 g/mol. The molecule has 27 heavy (non-hydrogen) atoms. The summed E-state index contributed by atoms with van der Waals surface area (Å²) in [6, 6.07) is -0.474. The molecule has 2 amide bonds. The lowest BCUT2D eigenvalue weighted by atomic mass is 9.94. The van der Waals surface area contributed by atoms with Gasteiger partial charge in [0, 0.05) is 32.1 Å². The minimum absolute atomic E-state index is 0.0304. The Morgan fingerprint density at radius 3 is 2.56 bits per heavy atom. The number of amides is 2. The molecule has 1 fully saturated rings. The zero-order valence-electron chi connectivity index (χ0n) is 17.4. The Hall–Kier alpha value is -1.96. The molecule has 0 aliphatic carbocycles. The van der Waals surface area contributed by atoms with Crippen molar-refractivity contribution in [2.75, 3.05) is 19.6 Å². The highest BCUT2D eigenvalue weighted by Gasteiger charge is 2.35. The summed E-state index contributed by atoms with van der Waals surface area (Å²) in [5.41, 5.74) is 0.0525. The van der Waals surface area contributed by atoms with Crippen LogP contribution in [0.3, 0.4) is 0 Å². The fraction of sp³-hybridized carbons (Fsp3) is 0.789. The maximum atomic E-state index is 13.0. The second-order valence-corrected chi connectivity index (χ2v) is 8.60. The zero-order chi connectivity index (χ0) is 20.2. The molecule has 1 aromatic rings. The van der Waals surface area contributed by atoms with E-state index < -0.39 is 6.04 Å². The van der Waals surface area contributed by atoms with E-state index in [1.165, 1.54) is 0 Å². The van der Waals surface area contributed by atoms with Crippen molar-refractivity contribution in [1.29, 1.82) is 0 Å². The Labute approximate surface area is 161 Å². The normalized spacial score (nSPS) is 18.6. The van der Waals surface area contributed by atoms with E-state index in [1.807, 2.05) is 20.8 Å². The first kappa shape index (κ1) is 21.3. The van der Waals surface area contributed by atoms with Gasteiger partial charge in [-0.15, -0.1) is 10.2 Å². The molecule has 152 valence electrons. The monoisotopic (exact) mass is 379 g/mol. The number of rotatable bonds is 7. The molecule has 1 aromatic heterocycles. The Balaban J connectivity index is 2.10. The summed E-state index contributed by atoms with van der Waals surface area (Å²) in [4.78, 5) is 29.3. The van der Waals surface area contributed by atoms with E-state index in [0.29, 0.717) is 24.7 Å². The number of nitrogens with one attached hydrogen (secondary N) is 1. The van der Waals surface area contributed by atoms with Crippen LogP contribution in [0.15, 0.2) is 4.42 Å². The van der Waals surface area contributed by atoms with Crippen LogP contribution in [0.25, 0.3) is 0 Å². The quantitative estimate of drug-likeness (QED) is 0.774. The maximum absolute atomic E-state index is 13.0. The van der Waals surface area contributed by atoms with Crippen molar-refractivity contribution in [2.24, 2.45) is 5.41 Å². The van der Waals surface area contributed by atoms with Crippen LogP contribution in [0.5, 0.6) is 0 Å². The maximum Gasteiger partial charge on any atom is 0.237 e. The number of piperazine rings is 1. The zero-order valence-corrected chi connectivity index (χ0v) is 17.4. The molecule has 1 atom stereocenters. The second-order valence-electron chi connectivity index (χ2n) is 8.60. The molecule has 0 saturated carbocycles. The Kier molecular flexibility index (Phi) is 6.97. The summed E-state index contributed by atoms with van der Waals surface area (Å²) < 4.78 is 5.56. The van der Waals surface area contributed by atoms with Crippen LogP contribution in [-0.4, -0.2) is 63.5 Å². The van der Waals surface area contributed by atoms with Crippen molar-refractivity contribution in [2.45, 2.75) is 73.0 Å². The highest BCUT2D eigenvalue weighted by Crippen LogP contribution is 2.21. The molecule has 0 unspecified atom stereocenters. The Morgan fingerprint density at radius 2 is 2.00 bits per heavy atom. The fourth-order valence-corrected chi connectivity index (χ4v) is 3.26. The van der Waals surface area contributed by atoms with Crippen LogP contribution in [0.2, 0.25) is 0 Å². The van der Waals surface area contributed by atoms with Gasteiger partial charge in [0.1, 0.15) is 0 Å². The first-order valence-electron chi connectivity index (χ1n) is 9.73. The third-order valence-corrected chi connectivity index (χ3v) is 4.55. The van der Waals surface area contributed by atoms with Crippen LogP contribution in [0.4, 0.5) is 0 Å². The van der Waals surface area contributed by atoms with Crippen molar-refractivity contribution in [3.63, 3.8) is 0 Å². The summed E-state index contributed by atoms with van der Waals surface area (Å²) in [6.07, 6.45) is 0.807. The summed E-state index contributed by atoms with van der Waals surface area (Å²) in [7, 11) is 0. The first-order chi connectivity index (χ1) is 12.6. The van der Waals surface area contributed by atoms with E-state index in [9.17, 15) is 9.59 Å². The van der Waals surface area contributed by atoms with Crippen LogP contribution in [0, 0.1) is 5.41 Å². The highest BCUT2D eigenvalue weighted by molar-refractivity contribution is 5.89. The molecule has 0 radical (unpaired) electrons. The lowest BCUT2D eigenvalue weighted by Gasteiger charge is -2.39. The van der Waals surface area contributed by atoms with Gasteiger partial charge in [0.25, 0.3) is 0 Å². The molecule has 2 heterocycles. The standard InChI is InChI=1S/C19H33N5O3/c1-7-15-21-22-16(27-15)11-24(13(2)3)17(25)10-14-18(26)20-8-9-23(14)12-19(4,5)6/h13-14H,7-12H2,1-6H3,(H,20,26)/t14-/m0/s1. The van der Waals surface area contributed by atoms with Gasteiger partial charge in [-0.25, -0.2) is 0 Å². The highest BCUT2D eigenvalue weighted by atomic mass is 16.4. The van der Waals surface area contributed by atoms with Crippen LogP contribution >= 0.6 is 0 Å². The summed E-state index contributed by atoms with van der Waals surface area (Å²) in [5.74, 6) is 0.827. The second kappa shape index (κ2) is 8.82. The molecular weight excluding hydrogens is 346 g/mol. The van der Waals surface area contributed by atoms with Crippen molar-refractivity contribution in [1.82, 2.24) is 25.3 Å². The van der Waals surface area contributed by atoms with Crippen LogP contribution in [-0.2, 0) is 22.6 Å². The first-order valence-corrected chi connectivity index (χ1v) is 9.73. The number of carbonyl (C=O) groups excluding carboxylic acids is 2. The predicted molar refractivity (Wildman–Crippen MR) is 102 cm³/mol. The minimum atomic E-state index is -0.444. The Bertz CT molecular complexity index is 650. The van der Waals surface area contributed by atoms with E-state index in [2.05, 4.69) is 41.2 Å². The van der Waals surface area contributed by atoms with Gasteiger partial charge in [0.15, 0.2) is 0 Å². The number of nitrogens with zero attached hydrogens (tertiary/aromatic N) is 4. The van der Waals surface area contributed by atoms with Gasteiger partial charge in [0.2, 0.25) is 23.6 Å². The number of aromatic nitrogens is 2. The molecule has 2 rings (SSSR count). The molecule has 0 bridgehead atoms. The van der Waals surface area contributed by atoms with E-state index >= 15 is 0 Å². The minimum Gasteiger partial charge on any atom is -0.423 e. The molecule has 1 aliphatic rings. The van der Waals surface area contributed by atoms with Crippen LogP contribution < -0.4 is 5.32 Å². The molecule has 1 saturated heterocycles. The van der Waals surface area contributed by atoms with Gasteiger partial charge >= 0.3 is 0 Å². The largest absolute Gasteiger partial charge is 0.423 e. The van der Waals surface area contributed by atoms with Gasteiger partial charge < -0.3 is 14.6 Å². The number of hydrogen-bond donors (Lipinski definition) is 1. The lowest BCUT2D eigenvalue weighted by Crippen LogP contribution is -2.58. The molecule has 0 aromatic carbocycles. The SMILES string of the molecule is CCc1nnc(CN(C(=O)C[C@H]2C(=O)NCCN2CC(C)(C)C)C(C)C)o1. The summed E-state index contributed by atoms with van der Waals surface area (Å²) >= 11 is 0. The number of aryl methyl sites for hydroxylation is 1. The Morgan fingerprint density at radius 1 is 1.33 bits per heavy atom. The van der Waals surface area contributed by atoms with Crippen molar-refractivity contribution in [3.8, 4) is 0 Å². The van der Waals surface area contributed by atoms with E-state index in [0.717, 1.165) is 13.1 Å². The average Bonchev–Trinajstić information content (AvgIpc) is 3.02. The summed E-state index contributed by atoms with van der Waals surface area (Å²) in [5, 5.41) is 10.9. The van der Waals surface area contributed by atoms with Gasteiger partial charge in [-0.3, -0.25) is 14.5 Å². The van der Waals surface area contributed by atoms with Gasteiger partial charge in [-0.2, -0.15) is 0 Å². The van der Waals surface area contributed by atoms with Gasteiger partial charge in [-0.1, -0.05) is 27.7 Å².